The minimum atomic E-state index is -0.973. The zero-order valence-electron chi connectivity index (χ0n) is 15.4. The minimum absolute atomic E-state index is 0.0362. The molecule has 3 aromatic carbocycles. The third-order valence-electron chi connectivity index (χ3n) is 5.01. The van der Waals surface area contributed by atoms with Gasteiger partial charge in [-0.15, -0.1) is 0 Å². The van der Waals surface area contributed by atoms with E-state index in [1.807, 2.05) is 24.3 Å². The van der Waals surface area contributed by atoms with E-state index in [-0.39, 0.29) is 18.9 Å². The molecule has 0 spiro atoms. The number of carboxylic acid groups (broad SMARTS) is 1. The molecule has 29 heavy (non-hydrogen) atoms. The van der Waals surface area contributed by atoms with Crippen LogP contribution in [0.4, 0.5) is 10.5 Å². The van der Waals surface area contributed by atoms with Gasteiger partial charge in [-0.1, -0.05) is 60.7 Å². The summed E-state index contributed by atoms with van der Waals surface area (Å²) in [4.78, 5) is 23.6. The van der Waals surface area contributed by atoms with Gasteiger partial charge >= 0.3 is 12.1 Å². The van der Waals surface area contributed by atoms with Crippen LogP contribution >= 0.6 is 15.9 Å². The first kappa shape index (κ1) is 19.2. The Morgan fingerprint density at radius 1 is 0.931 bits per heavy atom. The standard InChI is InChI=1S/C23H18BrNO4/c24-20-11-5-6-14(12-21(26)27)22(20)25-23(28)29-13-19-17-9-3-1-7-15(17)16-8-2-4-10-18(16)19/h1-11,19H,12-13H2,(H,25,28)(H,26,27). The number of carbonyl (C=O) groups excluding carboxylic acids is 1. The zero-order chi connectivity index (χ0) is 20.4. The fourth-order valence-electron chi connectivity index (χ4n) is 3.76. The Kier molecular flexibility index (Phi) is 5.36. The average molecular weight is 452 g/mol. The molecule has 0 radical (unpaired) electrons. The van der Waals surface area contributed by atoms with Crippen molar-refractivity contribution in [2.24, 2.45) is 0 Å². The summed E-state index contributed by atoms with van der Waals surface area (Å²) in [5.74, 6) is -1.01. The monoisotopic (exact) mass is 451 g/mol. The zero-order valence-corrected chi connectivity index (χ0v) is 17.0. The minimum Gasteiger partial charge on any atom is -0.481 e. The van der Waals surface area contributed by atoms with Gasteiger partial charge in [0.05, 0.1) is 12.1 Å². The van der Waals surface area contributed by atoms with Gasteiger partial charge in [0.1, 0.15) is 6.61 Å². The van der Waals surface area contributed by atoms with Gasteiger partial charge in [0.25, 0.3) is 0 Å². The van der Waals surface area contributed by atoms with Crippen LogP contribution in [0, 0.1) is 0 Å². The van der Waals surface area contributed by atoms with Crippen LogP contribution in [0.3, 0.4) is 0 Å². The molecule has 6 heteroatoms. The van der Waals surface area contributed by atoms with Crippen molar-refractivity contribution < 1.29 is 19.4 Å². The molecule has 0 atom stereocenters. The number of nitrogens with one attached hydrogen (secondary N) is 1. The molecule has 4 rings (SSSR count). The van der Waals surface area contributed by atoms with Crippen molar-refractivity contribution in [2.75, 3.05) is 11.9 Å². The molecule has 0 saturated heterocycles. The highest BCUT2D eigenvalue weighted by Crippen LogP contribution is 2.44. The molecule has 1 amide bonds. The number of carboxylic acids is 1. The summed E-state index contributed by atoms with van der Waals surface area (Å²) in [7, 11) is 0. The summed E-state index contributed by atoms with van der Waals surface area (Å²) in [5.41, 5.74) is 5.49. The van der Waals surface area contributed by atoms with E-state index in [2.05, 4.69) is 45.5 Å². The largest absolute Gasteiger partial charge is 0.481 e. The highest BCUT2D eigenvalue weighted by atomic mass is 79.9. The van der Waals surface area contributed by atoms with Crippen LogP contribution in [0.1, 0.15) is 22.6 Å². The van der Waals surface area contributed by atoms with Gasteiger partial charge in [0, 0.05) is 10.4 Å². The van der Waals surface area contributed by atoms with Crippen molar-refractivity contribution in [3.8, 4) is 11.1 Å². The van der Waals surface area contributed by atoms with Gasteiger partial charge in [-0.3, -0.25) is 10.1 Å². The molecule has 146 valence electrons. The Hall–Kier alpha value is -3.12. The number of aliphatic carboxylic acids is 1. The third kappa shape index (κ3) is 3.89. The van der Waals surface area contributed by atoms with Crippen LogP contribution in [0.2, 0.25) is 0 Å². The van der Waals surface area contributed by atoms with E-state index in [1.165, 1.54) is 0 Å². The Morgan fingerprint density at radius 2 is 1.55 bits per heavy atom. The van der Waals surface area contributed by atoms with Crippen molar-refractivity contribution in [3.05, 3.63) is 87.9 Å². The molecular weight excluding hydrogens is 434 g/mol. The summed E-state index contributed by atoms with van der Waals surface area (Å²) < 4.78 is 6.14. The van der Waals surface area contributed by atoms with Gasteiger partial charge in [0.15, 0.2) is 0 Å². The smallest absolute Gasteiger partial charge is 0.411 e. The molecule has 1 aliphatic carbocycles. The van der Waals surface area contributed by atoms with Crippen molar-refractivity contribution in [1.29, 1.82) is 0 Å². The predicted octanol–water partition coefficient (Wildman–Crippen LogP) is 5.44. The van der Waals surface area contributed by atoms with E-state index in [0.717, 1.165) is 22.3 Å². The lowest BCUT2D eigenvalue weighted by Crippen LogP contribution is -2.19. The Balaban J connectivity index is 1.51. The number of fused-ring (bicyclic) bond motifs is 3. The number of benzene rings is 3. The van der Waals surface area contributed by atoms with E-state index in [1.54, 1.807) is 18.2 Å². The van der Waals surface area contributed by atoms with Crippen molar-refractivity contribution in [3.63, 3.8) is 0 Å². The van der Waals surface area contributed by atoms with Crippen LogP contribution in [-0.4, -0.2) is 23.8 Å². The van der Waals surface area contributed by atoms with Gasteiger partial charge in [0.2, 0.25) is 0 Å². The fraction of sp³-hybridized carbons (Fsp3) is 0.130. The first-order valence-electron chi connectivity index (χ1n) is 9.16. The number of carbonyl (C=O) groups is 2. The second kappa shape index (κ2) is 8.09. The lowest BCUT2D eigenvalue weighted by molar-refractivity contribution is -0.136. The Morgan fingerprint density at radius 3 is 2.17 bits per heavy atom. The van der Waals surface area contributed by atoms with E-state index in [9.17, 15) is 9.59 Å². The number of amides is 1. The second-order valence-electron chi connectivity index (χ2n) is 6.80. The van der Waals surface area contributed by atoms with Gasteiger partial charge in [-0.05, 0) is 49.8 Å². The molecule has 0 aromatic heterocycles. The maximum Gasteiger partial charge on any atom is 0.411 e. The molecule has 0 saturated carbocycles. The van der Waals surface area contributed by atoms with Crippen molar-refractivity contribution >= 4 is 33.7 Å². The lowest BCUT2D eigenvalue weighted by Gasteiger charge is -2.16. The predicted molar refractivity (Wildman–Crippen MR) is 114 cm³/mol. The molecule has 2 N–H and O–H groups in total. The van der Waals surface area contributed by atoms with Crippen LogP contribution in [0.25, 0.3) is 11.1 Å². The summed E-state index contributed by atoms with van der Waals surface area (Å²) in [5, 5.41) is 11.8. The van der Waals surface area contributed by atoms with E-state index in [0.29, 0.717) is 15.7 Å². The lowest BCUT2D eigenvalue weighted by atomic mass is 9.98. The molecule has 5 nitrogen and oxygen atoms in total. The summed E-state index contributed by atoms with van der Waals surface area (Å²) in [6.07, 6.45) is -0.816. The van der Waals surface area contributed by atoms with Crippen molar-refractivity contribution in [1.82, 2.24) is 0 Å². The number of rotatable bonds is 5. The second-order valence-corrected chi connectivity index (χ2v) is 7.65. The SMILES string of the molecule is O=C(O)Cc1cccc(Br)c1NC(=O)OCC1c2ccccc2-c2ccccc21. The van der Waals surface area contributed by atoms with Crippen LogP contribution in [-0.2, 0) is 16.0 Å². The van der Waals surface area contributed by atoms with Crippen LogP contribution in [0.15, 0.2) is 71.2 Å². The molecule has 0 unspecified atom stereocenters. The maximum absolute atomic E-state index is 12.5. The summed E-state index contributed by atoms with van der Waals surface area (Å²) >= 11 is 3.36. The summed E-state index contributed by atoms with van der Waals surface area (Å²) in [6.45, 7) is 0.193. The number of anilines is 1. The number of hydrogen-bond donors (Lipinski definition) is 2. The molecule has 0 fully saturated rings. The fourth-order valence-corrected chi connectivity index (χ4v) is 4.26. The maximum atomic E-state index is 12.5. The van der Waals surface area contributed by atoms with Gasteiger partial charge in [-0.25, -0.2) is 4.79 Å². The molecule has 0 bridgehead atoms. The Bertz CT molecular complexity index is 1050. The first-order valence-corrected chi connectivity index (χ1v) is 9.95. The number of halogens is 1. The Labute approximate surface area is 176 Å². The number of hydrogen-bond acceptors (Lipinski definition) is 3. The summed E-state index contributed by atoms with van der Waals surface area (Å²) in [6, 6.07) is 21.4. The topological polar surface area (TPSA) is 75.6 Å². The van der Waals surface area contributed by atoms with E-state index in [4.69, 9.17) is 9.84 Å². The first-order chi connectivity index (χ1) is 14.0. The quantitative estimate of drug-likeness (QED) is 0.541. The molecule has 0 aliphatic heterocycles. The van der Waals surface area contributed by atoms with E-state index < -0.39 is 12.1 Å². The van der Waals surface area contributed by atoms with Gasteiger partial charge in [-0.2, -0.15) is 0 Å². The number of ether oxygens (including phenoxy) is 1. The average Bonchev–Trinajstić information content (AvgIpc) is 3.03. The van der Waals surface area contributed by atoms with Crippen LogP contribution in [0.5, 0.6) is 0 Å². The normalized spacial score (nSPS) is 12.2. The van der Waals surface area contributed by atoms with Gasteiger partial charge < -0.3 is 9.84 Å². The number of para-hydroxylation sites is 1. The molecule has 1 aliphatic rings. The highest BCUT2D eigenvalue weighted by Gasteiger charge is 2.29. The molecule has 3 aromatic rings. The third-order valence-corrected chi connectivity index (χ3v) is 5.67. The van der Waals surface area contributed by atoms with Crippen molar-refractivity contribution in [2.45, 2.75) is 12.3 Å². The molecule has 0 heterocycles. The highest BCUT2D eigenvalue weighted by molar-refractivity contribution is 9.10. The van der Waals surface area contributed by atoms with E-state index >= 15 is 0 Å². The van der Waals surface area contributed by atoms with Crippen LogP contribution < -0.4 is 5.32 Å². The molecular formula is C23H18BrNO4.